The Morgan fingerprint density at radius 1 is 1.05 bits per heavy atom. The monoisotopic (exact) mass is 320 g/mol. The molecule has 0 fully saturated rings. The molecule has 0 saturated heterocycles. The average Bonchev–Trinajstić information content (AvgIpc) is 2.75. The molecule has 2 amide bonds. The minimum Gasteiger partial charge on any atom is -0.339 e. The topological polar surface area (TPSA) is 40.6 Å². The molecule has 1 aliphatic rings. The van der Waals surface area contributed by atoms with Crippen molar-refractivity contribution >= 4 is 29.1 Å². The lowest BCUT2D eigenvalue weighted by atomic mass is 10.2. The number of anilines is 1. The van der Waals surface area contributed by atoms with Gasteiger partial charge in [-0.1, -0.05) is 56.0 Å². The molecule has 1 aromatic rings. The highest BCUT2D eigenvalue weighted by molar-refractivity contribution is 6.48. The fourth-order valence-electron chi connectivity index (χ4n) is 2.50. The summed E-state index contributed by atoms with van der Waals surface area (Å²) in [5, 5.41) is 0.00634. The zero-order chi connectivity index (χ0) is 16.1. The SMILES string of the molecule is CCCCCCN1C(=O)C(Cl)=C(N(C)c2ccccc2)C1=O. The summed E-state index contributed by atoms with van der Waals surface area (Å²) in [6.45, 7) is 2.55. The normalized spacial score (nSPS) is 15.0. The summed E-state index contributed by atoms with van der Waals surface area (Å²) in [6, 6.07) is 9.40. The molecule has 0 aliphatic carbocycles. The lowest BCUT2D eigenvalue weighted by molar-refractivity contribution is -0.137. The van der Waals surface area contributed by atoms with E-state index in [1.54, 1.807) is 11.9 Å². The minimum absolute atomic E-state index is 0.00634. The van der Waals surface area contributed by atoms with E-state index in [1.165, 1.54) is 4.90 Å². The van der Waals surface area contributed by atoms with Gasteiger partial charge in [0, 0.05) is 19.3 Å². The first kappa shape index (κ1) is 16.6. The molecule has 0 radical (unpaired) electrons. The average molecular weight is 321 g/mol. The van der Waals surface area contributed by atoms with E-state index in [0.29, 0.717) is 6.54 Å². The van der Waals surface area contributed by atoms with Gasteiger partial charge in [-0.05, 0) is 18.6 Å². The number of unbranched alkanes of at least 4 members (excludes halogenated alkanes) is 3. The van der Waals surface area contributed by atoms with Gasteiger partial charge in [0.2, 0.25) is 0 Å². The molecule has 4 nitrogen and oxygen atoms in total. The maximum Gasteiger partial charge on any atom is 0.279 e. The molecule has 0 saturated carbocycles. The molecule has 118 valence electrons. The van der Waals surface area contributed by atoms with Gasteiger partial charge in [0.15, 0.2) is 0 Å². The van der Waals surface area contributed by atoms with Crippen molar-refractivity contribution in [3.05, 3.63) is 41.1 Å². The van der Waals surface area contributed by atoms with Crippen molar-refractivity contribution in [2.24, 2.45) is 0 Å². The zero-order valence-corrected chi connectivity index (χ0v) is 13.8. The van der Waals surface area contributed by atoms with Gasteiger partial charge in [0.1, 0.15) is 10.7 Å². The summed E-state index contributed by atoms with van der Waals surface area (Å²) < 4.78 is 0. The van der Waals surface area contributed by atoms with Crippen LogP contribution in [0.4, 0.5) is 5.69 Å². The molecule has 1 aliphatic heterocycles. The van der Waals surface area contributed by atoms with Crippen LogP contribution in [0.1, 0.15) is 32.6 Å². The van der Waals surface area contributed by atoms with Crippen molar-refractivity contribution in [2.45, 2.75) is 32.6 Å². The highest BCUT2D eigenvalue weighted by atomic mass is 35.5. The van der Waals surface area contributed by atoms with E-state index in [4.69, 9.17) is 11.6 Å². The third-order valence-electron chi connectivity index (χ3n) is 3.80. The quantitative estimate of drug-likeness (QED) is 0.570. The summed E-state index contributed by atoms with van der Waals surface area (Å²) in [5.74, 6) is -0.696. The van der Waals surface area contributed by atoms with Gasteiger partial charge >= 0.3 is 0 Å². The zero-order valence-electron chi connectivity index (χ0n) is 13.0. The third-order valence-corrected chi connectivity index (χ3v) is 4.14. The number of halogens is 1. The number of benzene rings is 1. The molecule has 1 aromatic carbocycles. The highest BCUT2D eigenvalue weighted by Crippen LogP contribution is 2.29. The lowest BCUT2D eigenvalue weighted by Crippen LogP contribution is -2.35. The number of nitrogens with zero attached hydrogens (tertiary/aromatic N) is 2. The van der Waals surface area contributed by atoms with Crippen molar-refractivity contribution in [1.29, 1.82) is 0 Å². The van der Waals surface area contributed by atoms with Crippen LogP contribution in [0.2, 0.25) is 0 Å². The largest absolute Gasteiger partial charge is 0.339 e. The number of rotatable bonds is 7. The first-order valence-corrected chi connectivity index (χ1v) is 8.00. The van der Waals surface area contributed by atoms with Gasteiger partial charge in [-0.3, -0.25) is 14.5 Å². The molecular formula is C17H21ClN2O2. The van der Waals surface area contributed by atoms with E-state index in [2.05, 4.69) is 6.92 Å². The summed E-state index contributed by atoms with van der Waals surface area (Å²) in [6.07, 6.45) is 4.05. The van der Waals surface area contributed by atoms with Crippen LogP contribution in [0, 0.1) is 0 Å². The molecule has 5 heteroatoms. The van der Waals surface area contributed by atoms with Crippen LogP contribution < -0.4 is 4.90 Å². The molecule has 22 heavy (non-hydrogen) atoms. The molecule has 2 rings (SSSR count). The van der Waals surface area contributed by atoms with Gasteiger partial charge < -0.3 is 4.90 Å². The van der Waals surface area contributed by atoms with E-state index in [-0.39, 0.29) is 22.5 Å². The Hall–Kier alpha value is -1.81. The standard InChI is InChI=1S/C17H21ClN2O2/c1-3-4-5-9-12-20-16(21)14(18)15(17(20)22)19(2)13-10-7-6-8-11-13/h6-8,10-11H,3-5,9,12H2,1-2H3. The van der Waals surface area contributed by atoms with Crippen LogP contribution in [0.25, 0.3) is 0 Å². The first-order chi connectivity index (χ1) is 10.6. The van der Waals surface area contributed by atoms with Crippen LogP contribution >= 0.6 is 11.6 Å². The van der Waals surface area contributed by atoms with Gasteiger partial charge in [-0.15, -0.1) is 0 Å². The number of imide groups is 1. The molecule has 0 N–H and O–H groups in total. The number of hydrogen-bond acceptors (Lipinski definition) is 3. The Kier molecular flexibility index (Phi) is 5.61. The van der Waals surface area contributed by atoms with Crippen LogP contribution in [0.5, 0.6) is 0 Å². The van der Waals surface area contributed by atoms with Gasteiger partial charge in [0.25, 0.3) is 11.8 Å². The predicted octanol–water partition coefficient (Wildman–Crippen LogP) is 3.52. The van der Waals surface area contributed by atoms with E-state index >= 15 is 0 Å². The van der Waals surface area contributed by atoms with Gasteiger partial charge in [-0.2, -0.15) is 0 Å². The number of carbonyl (C=O) groups is 2. The van der Waals surface area contributed by atoms with Crippen LogP contribution in [0.15, 0.2) is 41.1 Å². The van der Waals surface area contributed by atoms with Crippen LogP contribution in [0.3, 0.4) is 0 Å². The number of amides is 2. The summed E-state index contributed by atoms with van der Waals surface area (Å²) in [5.41, 5.74) is 1.08. The molecule has 0 atom stereocenters. The second-order valence-corrected chi connectivity index (χ2v) is 5.76. The fraction of sp³-hybridized carbons (Fsp3) is 0.412. The predicted molar refractivity (Wildman–Crippen MR) is 88.6 cm³/mol. The van der Waals surface area contributed by atoms with E-state index < -0.39 is 0 Å². The van der Waals surface area contributed by atoms with Crippen molar-refractivity contribution in [2.75, 3.05) is 18.5 Å². The van der Waals surface area contributed by atoms with Crippen molar-refractivity contribution in [3.8, 4) is 0 Å². The molecule has 0 aromatic heterocycles. The summed E-state index contributed by atoms with van der Waals surface area (Å²) in [7, 11) is 1.75. The van der Waals surface area contributed by atoms with E-state index in [9.17, 15) is 9.59 Å². The molecular weight excluding hydrogens is 300 g/mol. The Balaban J connectivity index is 2.12. The third kappa shape index (κ3) is 3.33. The minimum atomic E-state index is -0.388. The first-order valence-electron chi connectivity index (χ1n) is 7.62. The van der Waals surface area contributed by atoms with Gasteiger partial charge in [-0.25, -0.2) is 0 Å². The number of carbonyl (C=O) groups excluding carboxylic acids is 2. The van der Waals surface area contributed by atoms with Crippen LogP contribution in [-0.4, -0.2) is 30.3 Å². The smallest absolute Gasteiger partial charge is 0.279 e. The highest BCUT2D eigenvalue weighted by Gasteiger charge is 2.39. The maximum absolute atomic E-state index is 12.5. The Bertz CT molecular complexity index is 584. The Labute approximate surface area is 136 Å². The summed E-state index contributed by atoms with van der Waals surface area (Å²) in [4.78, 5) is 27.7. The molecule has 0 spiro atoms. The van der Waals surface area contributed by atoms with Gasteiger partial charge in [0.05, 0.1) is 0 Å². The lowest BCUT2D eigenvalue weighted by Gasteiger charge is -2.21. The second-order valence-electron chi connectivity index (χ2n) is 5.38. The second kappa shape index (κ2) is 7.45. The van der Waals surface area contributed by atoms with E-state index in [0.717, 1.165) is 31.4 Å². The van der Waals surface area contributed by atoms with E-state index in [1.807, 2.05) is 30.3 Å². The molecule has 0 bridgehead atoms. The van der Waals surface area contributed by atoms with Crippen molar-refractivity contribution < 1.29 is 9.59 Å². The number of likely N-dealkylation sites (N-methyl/N-ethyl adjacent to an activating group) is 1. The summed E-state index contributed by atoms with van der Waals surface area (Å²) >= 11 is 6.13. The van der Waals surface area contributed by atoms with Crippen LogP contribution in [-0.2, 0) is 9.59 Å². The molecule has 0 unspecified atom stereocenters. The number of para-hydroxylation sites is 1. The van der Waals surface area contributed by atoms with Crippen molar-refractivity contribution in [3.63, 3.8) is 0 Å². The maximum atomic E-state index is 12.5. The van der Waals surface area contributed by atoms with Crippen molar-refractivity contribution in [1.82, 2.24) is 4.90 Å². The number of hydrogen-bond donors (Lipinski definition) is 0. The molecule has 1 heterocycles. The fourth-order valence-corrected chi connectivity index (χ4v) is 2.81. The Morgan fingerprint density at radius 3 is 2.36 bits per heavy atom. The Morgan fingerprint density at radius 2 is 1.73 bits per heavy atom.